The van der Waals surface area contributed by atoms with Crippen molar-refractivity contribution in [1.82, 2.24) is 20.4 Å². The number of amides is 2. The lowest BCUT2D eigenvalue weighted by Gasteiger charge is -2.35. The Morgan fingerprint density at radius 2 is 2.14 bits per heavy atom. The van der Waals surface area contributed by atoms with E-state index in [1.807, 2.05) is 32.0 Å². The van der Waals surface area contributed by atoms with Crippen LogP contribution in [0.25, 0.3) is 0 Å². The van der Waals surface area contributed by atoms with Crippen LogP contribution in [0.1, 0.15) is 49.3 Å². The molecule has 8 heteroatoms. The lowest BCUT2D eigenvalue weighted by Crippen LogP contribution is -2.49. The van der Waals surface area contributed by atoms with Crippen molar-refractivity contribution >= 4 is 6.03 Å². The smallest absolute Gasteiger partial charge is 0.317 e. The van der Waals surface area contributed by atoms with Crippen LogP contribution in [0, 0.1) is 13.8 Å². The van der Waals surface area contributed by atoms with Crippen LogP contribution in [-0.2, 0) is 11.3 Å². The Kier molecular flexibility index (Phi) is 6.51. The third-order valence-electron chi connectivity index (χ3n) is 4.48. The quantitative estimate of drug-likeness (QED) is 0.818. The van der Waals surface area contributed by atoms with E-state index in [1.54, 1.807) is 11.8 Å². The minimum atomic E-state index is -0.418. The molecule has 8 nitrogen and oxygen atoms in total. The summed E-state index contributed by atoms with van der Waals surface area (Å²) in [6.07, 6.45) is 0.389. The van der Waals surface area contributed by atoms with Crippen molar-refractivity contribution in [3.05, 3.63) is 41.1 Å². The minimum absolute atomic E-state index is 0.125. The molecule has 1 N–H and O–H groups in total. The average molecular weight is 388 g/mol. The molecule has 0 bridgehead atoms. The van der Waals surface area contributed by atoms with Crippen LogP contribution in [-0.4, -0.2) is 46.9 Å². The van der Waals surface area contributed by atoms with E-state index in [-0.39, 0.29) is 12.1 Å². The average Bonchev–Trinajstić information content (AvgIpc) is 3.11. The van der Waals surface area contributed by atoms with Gasteiger partial charge in [0.1, 0.15) is 5.75 Å². The van der Waals surface area contributed by atoms with Crippen LogP contribution in [0.5, 0.6) is 5.75 Å². The van der Waals surface area contributed by atoms with E-state index in [9.17, 15) is 4.79 Å². The molecule has 1 fully saturated rings. The second kappa shape index (κ2) is 9.05. The Labute approximate surface area is 165 Å². The highest BCUT2D eigenvalue weighted by Gasteiger charge is 2.32. The zero-order valence-electron chi connectivity index (χ0n) is 16.9. The molecule has 1 saturated heterocycles. The molecule has 1 aromatic heterocycles. The van der Waals surface area contributed by atoms with Crippen molar-refractivity contribution in [2.75, 3.05) is 19.7 Å². The Balaban J connectivity index is 1.63. The van der Waals surface area contributed by atoms with Gasteiger partial charge >= 0.3 is 6.03 Å². The fraction of sp³-hybridized carbons (Fsp3) is 0.550. The van der Waals surface area contributed by atoms with Crippen molar-refractivity contribution in [1.29, 1.82) is 0 Å². The molecule has 2 heterocycles. The molecule has 28 heavy (non-hydrogen) atoms. The molecule has 2 atom stereocenters. The van der Waals surface area contributed by atoms with Crippen LogP contribution < -0.4 is 10.1 Å². The van der Waals surface area contributed by atoms with Crippen molar-refractivity contribution < 1.29 is 18.7 Å². The summed E-state index contributed by atoms with van der Waals surface area (Å²) in [5.41, 5.74) is 2.08. The first-order chi connectivity index (χ1) is 13.5. The lowest BCUT2D eigenvalue weighted by molar-refractivity contribution is -0.0767. The van der Waals surface area contributed by atoms with Gasteiger partial charge in [0.15, 0.2) is 6.10 Å². The van der Waals surface area contributed by atoms with Crippen LogP contribution >= 0.6 is 0 Å². The molecule has 2 aromatic rings. The Morgan fingerprint density at radius 3 is 2.86 bits per heavy atom. The highest BCUT2D eigenvalue weighted by molar-refractivity contribution is 5.74. The van der Waals surface area contributed by atoms with E-state index in [0.29, 0.717) is 38.0 Å². The van der Waals surface area contributed by atoms with Gasteiger partial charge in [0, 0.05) is 25.6 Å². The number of aromatic nitrogens is 2. The zero-order chi connectivity index (χ0) is 20.1. The number of hydrogen-bond donors (Lipinski definition) is 1. The summed E-state index contributed by atoms with van der Waals surface area (Å²) in [7, 11) is 0. The highest BCUT2D eigenvalue weighted by atomic mass is 16.5. The first-order valence-corrected chi connectivity index (χ1v) is 9.66. The highest BCUT2D eigenvalue weighted by Crippen LogP contribution is 2.25. The lowest BCUT2D eigenvalue weighted by atomic mass is 10.1. The topological polar surface area (TPSA) is 89.7 Å². The summed E-state index contributed by atoms with van der Waals surface area (Å²) >= 11 is 0. The molecule has 0 radical (unpaired) electrons. The molecule has 0 unspecified atom stereocenters. The number of ether oxygens (including phenoxy) is 2. The van der Waals surface area contributed by atoms with Gasteiger partial charge in [-0.05, 0) is 31.9 Å². The number of rotatable bonds is 6. The third-order valence-corrected chi connectivity index (χ3v) is 4.48. The summed E-state index contributed by atoms with van der Waals surface area (Å²) in [5.74, 6) is 1.69. The predicted molar refractivity (Wildman–Crippen MR) is 103 cm³/mol. The van der Waals surface area contributed by atoms with E-state index < -0.39 is 6.10 Å². The molecule has 3 rings (SSSR count). The van der Waals surface area contributed by atoms with Gasteiger partial charge in [0.2, 0.25) is 11.8 Å². The molecular weight excluding hydrogens is 360 g/mol. The molecule has 1 aromatic carbocycles. The number of benzene rings is 1. The van der Waals surface area contributed by atoms with Crippen molar-refractivity contribution in [3.63, 3.8) is 0 Å². The first-order valence-electron chi connectivity index (χ1n) is 9.66. The third kappa shape index (κ3) is 5.01. The standard InChI is InChI=1S/C20H28N4O4/c1-5-8-26-17-9-13(2)6-7-16(17)10-21-20(25)24-11-14(3)27-18(12-24)19-23-22-15(4)28-19/h6-7,9,14,18H,5,8,10-12H2,1-4H3,(H,21,25)/t14-,18-/m1/s1. The predicted octanol–water partition coefficient (Wildman–Crippen LogP) is 3.15. The van der Waals surface area contributed by atoms with Gasteiger partial charge in [-0.25, -0.2) is 4.79 Å². The fourth-order valence-corrected chi connectivity index (χ4v) is 3.13. The molecule has 0 aliphatic carbocycles. The molecule has 1 aliphatic heterocycles. The Bertz CT molecular complexity index is 807. The number of nitrogens with zero attached hydrogens (tertiary/aromatic N) is 3. The zero-order valence-corrected chi connectivity index (χ0v) is 16.9. The molecule has 0 saturated carbocycles. The number of morpholine rings is 1. The normalized spacial score (nSPS) is 19.5. The van der Waals surface area contributed by atoms with Crippen LogP contribution in [0.15, 0.2) is 22.6 Å². The second-order valence-corrected chi connectivity index (χ2v) is 7.12. The molecule has 0 spiro atoms. The number of carbonyl (C=O) groups excluding carboxylic acids is 1. The minimum Gasteiger partial charge on any atom is -0.493 e. The SMILES string of the molecule is CCCOc1cc(C)ccc1CNC(=O)N1C[C@@H](C)O[C@@H](c2nnc(C)o2)C1. The van der Waals surface area contributed by atoms with Crippen molar-refractivity contribution in [2.24, 2.45) is 0 Å². The van der Waals surface area contributed by atoms with E-state index in [2.05, 4.69) is 22.4 Å². The summed E-state index contributed by atoms with van der Waals surface area (Å²) < 4.78 is 17.2. The van der Waals surface area contributed by atoms with Gasteiger partial charge < -0.3 is 24.1 Å². The number of nitrogens with one attached hydrogen (secondary N) is 1. The summed E-state index contributed by atoms with van der Waals surface area (Å²) in [6.45, 7) is 9.66. The largest absolute Gasteiger partial charge is 0.493 e. The second-order valence-electron chi connectivity index (χ2n) is 7.12. The molecule has 1 aliphatic rings. The maximum Gasteiger partial charge on any atom is 0.317 e. The number of carbonyl (C=O) groups is 1. The molecule has 2 amide bonds. The fourth-order valence-electron chi connectivity index (χ4n) is 3.13. The maximum atomic E-state index is 12.7. The van der Waals surface area contributed by atoms with Crippen LogP contribution in [0.3, 0.4) is 0 Å². The van der Waals surface area contributed by atoms with Gasteiger partial charge in [-0.1, -0.05) is 19.1 Å². The number of aryl methyl sites for hydroxylation is 2. The summed E-state index contributed by atoms with van der Waals surface area (Å²) in [4.78, 5) is 14.5. The Hall–Kier alpha value is -2.61. The van der Waals surface area contributed by atoms with E-state index in [4.69, 9.17) is 13.9 Å². The van der Waals surface area contributed by atoms with Gasteiger partial charge in [0.05, 0.1) is 19.3 Å². The monoisotopic (exact) mass is 388 g/mol. The number of urea groups is 1. The van der Waals surface area contributed by atoms with Gasteiger partial charge in [-0.15, -0.1) is 10.2 Å². The maximum absolute atomic E-state index is 12.7. The molecule has 152 valence electrons. The molecular formula is C20H28N4O4. The van der Waals surface area contributed by atoms with E-state index in [1.165, 1.54) is 0 Å². The number of hydrogen-bond acceptors (Lipinski definition) is 6. The van der Waals surface area contributed by atoms with E-state index in [0.717, 1.165) is 23.3 Å². The summed E-state index contributed by atoms with van der Waals surface area (Å²) in [6, 6.07) is 5.86. The van der Waals surface area contributed by atoms with Crippen LogP contribution in [0.4, 0.5) is 4.79 Å². The Morgan fingerprint density at radius 1 is 1.32 bits per heavy atom. The van der Waals surface area contributed by atoms with Crippen LogP contribution in [0.2, 0.25) is 0 Å². The van der Waals surface area contributed by atoms with Crippen molar-refractivity contribution in [2.45, 2.75) is 52.9 Å². The summed E-state index contributed by atoms with van der Waals surface area (Å²) in [5, 5.41) is 10.9. The van der Waals surface area contributed by atoms with Gasteiger partial charge in [-0.2, -0.15) is 0 Å². The first kappa shape index (κ1) is 20.1. The van der Waals surface area contributed by atoms with Gasteiger partial charge in [-0.3, -0.25) is 0 Å². The van der Waals surface area contributed by atoms with Crippen molar-refractivity contribution in [3.8, 4) is 5.75 Å². The van der Waals surface area contributed by atoms with E-state index >= 15 is 0 Å². The van der Waals surface area contributed by atoms with Gasteiger partial charge in [0.25, 0.3) is 0 Å².